The smallest absolute Gasteiger partial charge is 0.213 e. The third-order valence-corrected chi connectivity index (χ3v) is 6.51. The molecule has 0 aliphatic carbocycles. The van der Waals surface area contributed by atoms with Gasteiger partial charge in [0.25, 0.3) is 0 Å². The molecule has 0 aliphatic rings. The average molecular weight is 478 g/mol. The number of hydrogen-bond acceptors (Lipinski definition) is 9. The topological polar surface area (TPSA) is 107 Å². The van der Waals surface area contributed by atoms with Crippen molar-refractivity contribution < 1.29 is 9.32 Å². The molecule has 0 aliphatic heterocycles. The van der Waals surface area contributed by atoms with E-state index in [1.807, 2.05) is 24.3 Å². The number of thioether (sulfide) groups is 1. The Morgan fingerprint density at radius 2 is 1.97 bits per heavy atom. The zero-order valence-electron chi connectivity index (χ0n) is 15.1. The molecule has 4 rings (SSSR count). The molecule has 0 atom stereocenters. The number of benzene rings is 2. The van der Waals surface area contributed by atoms with E-state index in [9.17, 15) is 4.79 Å². The van der Waals surface area contributed by atoms with Crippen LogP contribution in [-0.2, 0) is 5.75 Å². The summed E-state index contributed by atoms with van der Waals surface area (Å²) in [6.45, 7) is 0. The number of hydrogen-bond donors (Lipinski definition) is 2. The lowest BCUT2D eigenvalue weighted by atomic mass is 10.1. The molecule has 7 nitrogen and oxygen atoms in total. The lowest BCUT2D eigenvalue weighted by Crippen LogP contribution is -2.04. The maximum Gasteiger partial charge on any atom is 0.213 e. The molecule has 0 amide bonds. The van der Waals surface area contributed by atoms with E-state index in [4.69, 9.17) is 33.5 Å². The Hall–Kier alpha value is -2.59. The predicted octanol–water partition coefficient (Wildman–Crippen LogP) is 5.68. The summed E-state index contributed by atoms with van der Waals surface area (Å²) in [4.78, 5) is 22.4. The van der Waals surface area contributed by atoms with Gasteiger partial charge in [0.05, 0.1) is 21.4 Å². The predicted molar refractivity (Wildman–Crippen MR) is 120 cm³/mol. The fraction of sp³-hybridized carbons (Fsp3) is 0.0526. The zero-order valence-corrected chi connectivity index (χ0v) is 18.3. The molecule has 30 heavy (non-hydrogen) atoms. The van der Waals surface area contributed by atoms with Crippen LogP contribution in [0.3, 0.4) is 0 Å². The highest BCUT2D eigenvalue weighted by molar-refractivity contribution is 7.98. The van der Waals surface area contributed by atoms with Crippen molar-refractivity contribution in [1.82, 2.24) is 15.1 Å². The standard InChI is InChI=1S/C19H13Cl2N5O2S2/c20-12-5-2-6-13(21)15(12)16(27)17-18(22)25-19(30-17)24-10-3-1-4-11(7-10)29-8-14-23-9-28-26-14/h1-7,9H,8,22H2,(H,24,25). The molecule has 0 saturated carbocycles. The van der Waals surface area contributed by atoms with Gasteiger partial charge in [0.2, 0.25) is 12.2 Å². The normalized spacial score (nSPS) is 10.9. The van der Waals surface area contributed by atoms with Crippen LogP contribution >= 0.6 is 46.3 Å². The van der Waals surface area contributed by atoms with Gasteiger partial charge in [-0.15, -0.1) is 11.8 Å². The van der Waals surface area contributed by atoms with E-state index in [0.717, 1.165) is 21.9 Å². The van der Waals surface area contributed by atoms with Crippen LogP contribution in [0.4, 0.5) is 16.6 Å². The molecule has 2 heterocycles. The van der Waals surface area contributed by atoms with Gasteiger partial charge in [0, 0.05) is 10.6 Å². The van der Waals surface area contributed by atoms with Gasteiger partial charge in [-0.1, -0.05) is 51.8 Å². The molecular weight excluding hydrogens is 465 g/mol. The Bertz CT molecular complexity index is 1180. The first kappa shape index (κ1) is 20.7. The lowest BCUT2D eigenvalue weighted by Gasteiger charge is -2.05. The summed E-state index contributed by atoms with van der Waals surface area (Å²) in [7, 11) is 0. The van der Waals surface area contributed by atoms with Gasteiger partial charge in [-0.2, -0.15) is 4.98 Å². The van der Waals surface area contributed by atoms with Crippen molar-refractivity contribution in [3.8, 4) is 0 Å². The average Bonchev–Trinajstić information content (AvgIpc) is 3.36. The summed E-state index contributed by atoms with van der Waals surface area (Å²) in [5, 5.41) is 7.99. The highest BCUT2D eigenvalue weighted by Crippen LogP contribution is 2.34. The Morgan fingerprint density at radius 1 is 1.20 bits per heavy atom. The highest BCUT2D eigenvalue weighted by atomic mass is 35.5. The van der Waals surface area contributed by atoms with Gasteiger partial charge >= 0.3 is 0 Å². The van der Waals surface area contributed by atoms with Crippen molar-refractivity contribution >= 4 is 68.7 Å². The Morgan fingerprint density at radius 3 is 2.70 bits per heavy atom. The van der Waals surface area contributed by atoms with E-state index in [1.165, 1.54) is 6.39 Å². The van der Waals surface area contributed by atoms with Crippen LogP contribution in [0.5, 0.6) is 0 Å². The number of carbonyl (C=O) groups excluding carboxylic acids is 1. The monoisotopic (exact) mass is 477 g/mol. The van der Waals surface area contributed by atoms with E-state index in [0.29, 0.717) is 16.7 Å². The minimum Gasteiger partial charge on any atom is -0.382 e. The van der Waals surface area contributed by atoms with E-state index < -0.39 is 0 Å². The van der Waals surface area contributed by atoms with Crippen LogP contribution in [0.2, 0.25) is 10.0 Å². The van der Waals surface area contributed by atoms with Crippen molar-refractivity contribution in [1.29, 1.82) is 0 Å². The van der Waals surface area contributed by atoms with Gasteiger partial charge in [-0.05, 0) is 30.3 Å². The first-order valence-electron chi connectivity index (χ1n) is 8.51. The minimum atomic E-state index is -0.363. The molecule has 4 aromatic rings. The Labute approximate surface area is 189 Å². The van der Waals surface area contributed by atoms with Crippen LogP contribution in [-0.4, -0.2) is 20.9 Å². The van der Waals surface area contributed by atoms with Crippen LogP contribution in [0.1, 0.15) is 21.1 Å². The van der Waals surface area contributed by atoms with E-state index >= 15 is 0 Å². The summed E-state index contributed by atoms with van der Waals surface area (Å²) >= 11 is 15.0. The number of nitrogens with two attached hydrogens (primary N) is 1. The molecule has 152 valence electrons. The quantitative estimate of drug-likeness (QED) is 0.258. The molecule has 0 unspecified atom stereocenters. The molecule has 0 bridgehead atoms. The zero-order chi connectivity index (χ0) is 21.1. The molecule has 11 heteroatoms. The molecule has 2 aromatic carbocycles. The summed E-state index contributed by atoms with van der Waals surface area (Å²) in [6.07, 6.45) is 1.30. The second-order valence-corrected chi connectivity index (χ2v) is 8.81. The number of nitrogens with zero attached hydrogens (tertiary/aromatic N) is 3. The lowest BCUT2D eigenvalue weighted by molar-refractivity contribution is 0.104. The van der Waals surface area contributed by atoms with Crippen LogP contribution in [0.25, 0.3) is 0 Å². The van der Waals surface area contributed by atoms with E-state index in [2.05, 4.69) is 20.4 Å². The Kier molecular flexibility index (Phi) is 6.24. The molecule has 3 N–H and O–H groups in total. The van der Waals surface area contributed by atoms with Crippen LogP contribution in [0.15, 0.2) is 58.3 Å². The largest absolute Gasteiger partial charge is 0.382 e. The number of halogens is 2. The first-order valence-corrected chi connectivity index (χ1v) is 11.1. The number of nitrogen functional groups attached to an aromatic ring is 1. The molecular formula is C19H13Cl2N5O2S2. The summed E-state index contributed by atoms with van der Waals surface area (Å²) in [6, 6.07) is 12.6. The second kappa shape index (κ2) is 9.05. The third kappa shape index (κ3) is 4.59. The fourth-order valence-corrected chi connectivity index (χ4v) is 4.80. The van der Waals surface area contributed by atoms with Crippen molar-refractivity contribution in [2.24, 2.45) is 0 Å². The van der Waals surface area contributed by atoms with Gasteiger partial charge in [-0.25, -0.2) is 4.98 Å². The number of carbonyl (C=O) groups is 1. The van der Waals surface area contributed by atoms with Gasteiger partial charge in [-0.3, -0.25) is 4.79 Å². The van der Waals surface area contributed by atoms with E-state index in [1.54, 1.807) is 30.0 Å². The van der Waals surface area contributed by atoms with Gasteiger partial charge in [0.15, 0.2) is 11.0 Å². The number of rotatable bonds is 7. The first-order chi connectivity index (χ1) is 14.5. The van der Waals surface area contributed by atoms with Crippen molar-refractivity contribution in [3.63, 3.8) is 0 Å². The fourth-order valence-electron chi connectivity index (χ4n) is 2.57. The maximum absolute atomic E-state index is 12.9. The van der Waals surface area contributed by atoms with Crippen molar-refractivity contribution in [2.75, 3.05) is 11.1 Å². The van der Waals surface area contributed by atoms with Crippen molar-refractivity contribution in [3.05, 3.63) is 75.2 Å². The highest BCUT2D eigenvalue weighted by Gasteiger charge is 2.22. The van der Waals surface area contributed by atoms with Gasteiger partial charge < -0.3 is 15.6 Å². The molecule has 0 saturated heterocycles. The van der Waals surface area contributed by atoms with Gasteiger partial charge in [0.1, 0.15) is 10.7 Å². The molecule has 0 radical (unpaired) electrons. The number of nitrogens with one attached hydrogen (secondary N) is 1. The number of thiazole rings is 1. The van der Waals surface area contributed by atoms with E-state index in [-0.39, 0.29) is 32.1 Å². The maximum atomic E-state index is 12.9. The molecule has 0 fully saturated rings. The molecule has 0 spiro atoms. The van der Waals surface area contributed by atoms with Crippen LogP contribution in [0, 0.1) is 0 Å². The number of anilines is 3. The molecule has 2 aromatic heterocycles. The summed E-state index contributed by atoms with van der Waals surface area (Å²) < 4.78 is 4.74. The SMILES string of the molecule is Nc1nc(Nc2cccc(SCc3ncon3)c2)sc1C(=O)c1c(Cl)cccc1Cl. The minimum absolute atomic E-state index is 0.117. The number of aromatic nitrogens is 3. The summed E-state index contributed by atoms with van der Waals surface area (Å²) in [5.74, 6) is 0.957. The summed E-state index contributed by atoms with van der Waals surface area (Å²) in [5.41, 5.74) is 7.00. The van der Waals surface area contributed by atoms with Crippen LogP contribution < -0.4 is 11.1 Å². The Balaban J connectivity index is 1.51. The van der Waals surface area contributed by atoms with Crippen molar-refractivity contribution in [2.45, 2.75) is 10.6 Å². The second-order valence-electron chi connectivity index (χ2n) is 5.95. The third-order valence-electron chi connectivity index (χ3n) is 3.91. The number of ketones is 1.